The summed E-state index contributed by atoms with van der Waals surface area (Å²) in [5.74, 6) is -0.476. The van der Waals surface area contributed by atoms with Crippen molar-refractivity contribution in [1.29, 1.82) is 5.26 Å². The number of nitrogens with zero attached hydrogens (tertiary/aromatic N) is 2. The summed E-state index contributed by atoms with van der Waals surface area (Å²) in [4.78, 5) is 15.3. The highest BCUT2D eigenvalue weighted by molar-refractivity contribution is 5.95. The normalized spacial score (nSPS) is 10.4. The predicted molar refractivity (Wildman–Crippen MR) is 45.9 cm³/mol. The number of ether oxygens (including phenoxy) is 1. The fourth-order valence-corrected chi connectivity index (χ4v) is 0.460. The number of hydrogen-bond acceptors (Lipinski definition) is 5. The molecule has 0 bridgehead atoms. The highest BCUT2D eigenvalue weighted by Crippen LogP contribution is 1.86. The molecule has 0 N–H and O–H groups in total. The molecule has 0 aromatic heterocycles. The summed E-state index contributed by atoms with van der Waals surface area (Å²) in [6.07, 6.45) is 0.770. The lowest BCUT2D eigenvalue weighted by atomic mass is 10.5. The van der Waals surface area contributed by atoms with E-state index in [0.717, 1.165) is 6.42 Å². The van der Waals surface area contributed by atoms with Crippen LogP contribution in [0.25, 0.3) is 0 Å². The van der Waals surface area contributed by atoms with Crippen LogP contribution in [0.3, 0.4) is 0 Å². The van der Waals surface area contributed by atoms with Crippen molar-refractivity contribution >= 4 is 11.7 Å². The van der Waals surface area contributed by atoms with Gasteiger partial charge in [-0.25, -0.2) is 4.79 Å². The SMILES string of the molecule is CCCOC(=O)CON=C(C)C#N. The van der Waals surface area contributed by atoms with Crippen molar-refractivity contribution in [3.8, 4) is 6.07 Å². The minimum Gasteiger partial charge on any atom is -0.463 e. The third kappa shape index (κ3) is 6.81. The first-order chi connectivity index (χ1) is 6.20. The Morgan fingerprint density at radius 1 is 1.62 bits per heavy atom. The molecule has 0 heterocycles. The van der Waals surface area contributed by atoms with Gasteiger partial charge in [0.15, 0.2) is 5.71 Å². The molecule has 0 aromatic carbocycles. The Morgan fingerprint density at radius 3 is 2.85 bits per heavy atom. The van der Waals surface area contributed by atoms with E-state index in [9.17, 15) is 4.79 Å². The van der Waals surface area contributed by atoms with Crippen LogP contribution in [-0.2, 0) is 14.4 Å². The van der Waals surface area contributed by atoms with Crippen molar-refractivity contribution in [2.45, 2.75) is 20.3 Å². The van der Waals surface area contributed by atoms with Crippen molar-refractivity contribution in [3.05, 3.63) is 0 Å². The fraction of sp³-hybridized carbons (Fsp3) is 0.625. The van der Waals surface area contributed by atoms with E-state index in [1.165, 1.54) is 6.92 Å². The molecule has 0 amide bonds. The number of carbonyl (C=O) groups excluding carboxylic acids is 1. The molecular formula is C8H12N2O3. The van der Waals surface area contributed by atoms with Gasteiger partial charge in [0.05, 0.1) is 6.61 Å². The lowest BCUT2D eigenvalue weighted by Gasteiger charge is -2.00. The first kappa shape index (κ1) is 11.4. The molecule has 0 aliphatic rings. The summed E-state index contributed by atoms with van der Waals surface area (Å²) < 4.78 is 4.69. The summed E-state index contributed by atoms with van der Waals surface area (Å²) >= 11 is 0. The Morgan fingerprint density at radius 2 is 2.31 bits per heavy atom. The average molecular weight is 184 g/mol. The quantitative estimate of drug-likeness (QED) is 0.361. The topological polar surface area (TPSA) is 71.7 Å². The molecule has 0 fully saturated rings. The van der Waals surface area contributed by atoms with E-state index in [1.807, 2.05) is 6.92 Å². The van der Waals surface area contributed by atoms with Crippen LogP contribution >= 0.6 is 0 Å². The van der Waals surface area contributed by atoms with Crippen LogP contribution in [0.1, 0.15) is 20.3 Å². The lowest BCUT2D eigenvalue weighted by molar-refractivity contribution is -0.148. The van der Waals surface area contributed by atoms with E-state index in [0.29, 0.717) is 6.61 Å². The average Bonchev–Trinajstić information content (AvgIpc) is 2.14. The van der Waals surface area contributed by atoms with Crippen molar-refractivity contribution in [2.24, 2.45) is 5.16 Å². The summed E-state index contributed by atoms with van der Waals surface area (Å²) in [6.45, 7) is 3.51. The van der Waals surface area contributed by atoms with Gasteiger partial charge in [-0.3, -0.25) is 0 Å². The van der Waals surface area contributed by atoms with E-state index in [4.69, 9.17) is 10.00 Å². The molecule has 0 saturated heterocycles. The second-order valence-corrected chi connectivity index (χ2v) is 2.28. The zero-order chi connectivity index (χ0) is 10.1. The third-order valence-electron chi connectivity index (χ3n) is 1.01. The molecule has 0 atom stereocenters. The zero-order valence-electron chi connectivity index (χ0n) is 7.74. The third-order valence-corrected chi connectivity index (χ3v) is 1.01. The molecule has 0 rings (SSSR count). The maximum absolute atomic E-state index is 10.8. The minimum absolute atomic E-state index is 0.170. The van der Waals surface area contributed by atoms with E-state index < -0.39 is 5.97 Å². The Kier molecular flexibility index (Phi) is 6.24. The summed E-state index contributed by atoms with van der Waals surface area (Å²) in [6, 6.07) is 1.75. The maximum atomic E-state index is 10.8. The number of carbonyl (C=O) groups is 1. The van der Waals surface area contributed by atoms with Gasteiger partial charge in [0.25, 0.3) is 0 Å². The van der Waals surface area contributed by atoms with Crippen LogP contribution in [0.2, 0.25) is 0 Å². The Balaban J connectivity index is 3.54. The van der Waals surface area contributed by atoms with Crippen LogP contribution in [0.5, 0.6) is 0 Å². The molecule has 0 aliphatic carbocycles. The molecule has 0 radical (unpaired) electrons. The second kappa shape index (κ2) is 7.10. The van der Waals surface area contributed by atoms with Crippen molar-refractivity contribution in [1.82, 2.24) is 0 Å². The van der Waals surface area contributed by atoms with Gasteiger partial charge >= 0.3 is 5.97 Å². The molecule has 0 saturated carbocycles. The second-order valence-electron chi connectivity index (χ2n) is 2.28. The van der Waals surface area contributed by atoms with Crippen LogP contribution in [0, 0.1) is 11.3 Å². The van der Waals surface area contributed by atoms with Gasteiger partial charge in [-0.05, 0) is 13.3 Å². The van der Waals surface area contributed by atoms with Gasteiger partial charge in [0, 0.05) is 0 Å². The van der Waals surface area contributed by atoms with E-state index in [-0.39, 0.29) is 12.3 Å². The highest BCUT2D eigenvalue weighted by Gasteiger charge is 2.01. The van der Waals surface area contributed by atoms with Gasteiger partial charge in [-0.2, -0.15) is 5.26 Å². The molecule has 0 unspecified atom stereocenters. The summed E-state index contributed by atoms with van der Waals surface area (Å²) in [5, 5.41) is 11.6. The van der Waals surface area contributed by atoms with Gasteiger partial charge in [0.2, 0.25) is 6.61 Å². The molecule has 72 valence electrons. The minimum atomic E-state index is -0.476. The standard InChI is InChI=1S/C8H12N2O3/c1-3-4-12-8(11)6-13-10-7(2)5-9/h3-4,6H2,1-2H3. The highest BCUT2D eigenvalue weighted by atomic mass is 16.7. The Hall–Kier alpha value is -1.57. The lowest BCUT2D eigenvalue weighted by Crippen LogP contribution is -2.11. The largest absolute Gasteiger partial charge is 0.463 e. The van der Waals surface area contributed by atoms with Crippen LogP contribution in [0.4, 0.5) is 0 Å². The molecule has 0 aliphatic heterocycles. The number of esters is 1. The van der Waals surface area contributed by atoms with Gasteiger partial charge in [-0.15, -0.1) is 0 Å². The fourth-order valence-electron chi connectivity index (χ4n) is 0.460. The number of oxime groups is 1. The van der Waals surface area contributed by atoms with Gasteiger partial charge in [0.1, 0.15) is 6.07 Å². The molecule has 0 spiro atoms. The van der Waals surface area contributed by atoms with Crippen molar-refractivity contribution in [3.63, 3.8) is 0 Å². The zero-order valence-corrected chi connectivity index (χ0v) is 7.74. The Bertz CT molecular complexity index is 230. The first-order valence-corrected chi connectivity index (χ1v) is 3.93. The van der Waals surface area contributed by atoms with Crippen LogP contribution < -0.4 is 0 Å². The van der Waals surface area contributed by atoms with E-state index in [1.54, 1.807) is 6.07 Å². The molecule has 0 aromatic rings. The number of nitriles is 1. The molecule has 13 heavy (non-hydrogen) atoms. The number of hydrogen-bond donors (Lipinski definition) is 0. The van der Waals surface area contributed by atoms with Gasteiger partial charge < -0.3 is 9.57 Å². The predicted octanol–water partition coefficient (Wildman–Crippen LogP) is 0.856. The van der Waals surface area contributed by atoms with E-state index in [2.05, 4.69) is 9.99 Å². The van der Waals surface area contributed by atoms with Crippen LogP contribution in [-0.4, -0.2) is 24.9 Å². The molecule has 5 nitrogen and oxygen atoms in total. The molecule has 5 heteroatoms. The van der Waals surface area contributed by atoms with Crippen molar-refractivity contribution < 1.29 is 14.4 Å². The summed E-state index contributed by atoms with van der Waals surface area (Å²) in [7, 11) is 0. The summed E-state index contributed by atoms with van der Waals surface area (Å²) in [5.41, 5.74) is 0.170. The smallest absolute Gasteiger partial charge is 0.347 e. The molecular weight excluding hydrogens is 172 g/mol. The maximum Gasteiger partial charge on any atom is 0.347 e. The monoisotopic (exact) mass is 184 g/mol. The van der Waals surface area contributed by atoms with Crippen molar-refractivity contribution in [2.75, 3.05) is 13.2 Å². The van der Waals surface area contributed by atoms with Gasteiger partial charge in [-0.1, -0.05) is 12.1 Å². The first-order valence-electron chi connectivity index (χ1n) is 3.93. The number of rotatable bonds is 5. The Labute approximate surface area is 76.9 Å². The van der Waals surface area contributed by atoms with E-state index >= 15 is 0 Å². The van der Waals surface area contributed by atoms with Crippen LogP contribution in [0.15, 0.2) is 5.16 Å².